The van der Waals surface area contributed by atoms with E-state index in [2.05, 4.69) is 4.98 Å². The first-order valence-corrected chi connectivity index (χ1v) is 13.8. The molecule has 1 saturated carbocycles. The van der Waals surface area contributed by atoms with Crippen LogP contribution in [0, 0.1) is 17.2 Å². The van der Waals surface area contributed by atoms with Gasteiger partial charge in [-0.25, -0.2) is 9.37 Å². The van der Waals surface area contributed by atoms with Crippen LogP contribution in [0.25, 0.3) is 11.1 Å². The minimum atomic E-state index is -4.14. The molecule has 2 aliphatic heterocycles. The molecule has 7 nitrogen and oxygen atoms in total. The van der Waals surface area contributed by atoms with Gasteiger partial charge in [0.05, 0.1) is 17.6 Å². The molecule has 5 rings (SSSR count). The minimum absolute atomic E-state index is 0.0922. The Morgan fingerprint density at radius 1 is 1.02 bits per heavy atom. The number of nitrogens with two attached hydrogens (primary N) is 1. The fourth-order valence-electron chi connectivity index (χ4n) is 6.04. The van der Waals surface area contributed by atoms with Crippen LogP contribution >= 0.6 is 0 Å². The molecule has 11 heteroatoms. The molecule has 1 atom stereocenters. The number of nitrogens with zero attached hydrogens (tertiary/aromatic N) is 3. The summed E-state index contributed by atoms with van der Waals surface area (Å²) in [6, 6.07) is 7.02. The first-order chi connectivity index (χ1) is 19.1. The van der Waals surface area contributed by atoms with E-state index in [1.54, 1.807) is 24.4 Å². The Labute approximate surface area is 230 Å². The van der Waals surface area contributed by atoms with Crippen molar-refractivity contribution in [2.24, 2.45) is 17.1 Å². The Morgan fingerprint density at radius 3 is 2.33 bits per heavy atom. The van der Waals surface area contributed by atoms with Gasteiger partial charge < -0.3 is 20.3 Å². The molecule has 3 fully saturated rings. The molecule has 216 valence electrons. The van der Waals surface area contributed by atoms with Gasteiger partial charge in [0.2, 0.25) is 11.8 Å². The van der Waals surface area contributed by atoms with E-state index < -0.39 is 35.3 Å². The fraction of sp³-hybridized carbons (Fsp3) is 0.552. The molecule has 2 N–H and O–H groups in total. The van der Waals surface area contributed by atoms with E-state index in [1.165, 1.54) is 17.0 Å². The number of alkyl halides is 3. The van der Waals surface area contributed by atoms with E-state index >= 15 is 0 Å². The van der Waals surface area contributed by atoms with Gasteiger partial charge >= 0.3 is 6.18 Å². The third-order valence-electron chi connectivity index (χ3n) is 8.72. The molecule has 2 aromatic rings. The lowest BCUT2D eigenvalue weighted by atomic mass is 9.67. The van der Waals surface area contributed by atoms with Crippen LogP contribution in [0.2, 0.25) is 0 Å². The van der Waals surface area contributed by atoms with Gasteiger partial charge in [-0.1, -0.05) is 12.5 Å². The summed E-state index contributed by atoms with van der Waals surface area (Å²) in [6.45, 7) is 2.14. The molecular formula is C29H34F4N4O3. The molecule has 1 aromatic heterocycles. The highest BCUT2D eigenvalue weighted by atomic mass is 19.4. The number of primary amides is 1. The smallest absolute Gasteiger partial charge is 0.395 e. The van der Waals surface area contributed by atoms with Crippen LogP contribution < -0.4 is 10.5 Å². The zero-order chi connectivity index (χ0) is 28.5. The Kier molecular flexibility index (Phi) is 8.03. The zero-order valence-electron chi connectivity index (χ0n) is 22.3. The highest BCUT2D eigenvalue weighted by Gasteiger charge is 2.58. The Bertz CT molecular complexity index is 1220. The van der Waals surface area contributed by atoms with Crippen LogP contribution in [0.15, 0.2) is 36.5 Å². The highest BCUT2D eigenvalue weighted by molar-refractivity contribution is 5.98. The predicted molar refractivity (Wildman–Crippen MR) is 140 cm³/mol. The maximum Gasteiger partial charge on any atom is 0.395 e. The Hall–Kier alpha value is -3.21. The van der Waals surface area contributed by atoms with Crippen molar-refractivity contribution in [3.63, 3.8) is 0 Å². The second-order valence-corrected chi connectivity index (χ2v) is 11.3. The number of benzene rings is 1. The van der Waals surface area contributed by atoms with Gasteiger partial charge in [-0.15, -0.1) is 0 Å². The maximum atomic E-state index is 14.9. The number of ether oxygens (including phenoxy) is 1. The third-order valence-corrected chi connectivity index (χ3v) is 8.72. The standard InChI is InChI=1S/C29H34F4N4O3/c30-23-15-20(4-6-22(23)27(39)37-12-1-3-24(37)26(34)38)21-5-7-25(35-16-21)40-17-19-8-13-36(14-9-19)18-28(10-2-11-28)29(31,32)33/h4-7,15-16,19,24H,1-3,8-14,17-18H2,(H2,34,38). The zero-order valence-corrected chi connectivity index (χ0v) is 22.3. The van der Waals surface area contributed by atoms with Crippen molar-refractivity contribution in [3.05, 3.63) is 47.9 Å². The fourth-order valence-corrected chi connectivity index (χ4v) is 6.04. The maximum absolute atomic E-state index is 14.9. The highest BCUT2D eigenvalue weighted by Crippen LogP contribution is 2.53. The lowest BCUT2D eigenvalue weighted by molar-refractivity contribution is -0.256. The summed E-state index contributed by atoms with van der Waals surface area (Å²) in [6.07, 6.45) is 1.18. The van der Waals surface area contributed by atoms with Crippen LogP contribution in [-0.4, -0.2) is 71.6 Å². The van der Waals surface area contributed by atoms with E-state index in [-0.39, 0.29) is 30.9 Å². The summed E-state index contributed by atoms with van der Waals surface area (Å²) < 4.78 is 61.2. The average molecular weight is 563 g/mol. The number of halogens is 4. The van der Waals surface area contributed by atoms with Crippen molar-refractivity contribution in [2.45, 2.75) is 57.2 Å². The quantitative estimate of drug-likeness (QED) is 0.467. The predicted octanol–water partition coefficient (Wildman–Crippen LogP) is 4.80. The number of likely N-dealkylation sites (tertiary alicyclic amines) is 2. The topological polar surface area (TPSA) is 88.8 Å². The normalized spacial score (nSPS) is 21.7. The van der Waals surface area contributed by atoms with Crippen LogP contribution in [0.5, 0.6) is 5.88 Å². The molecule has 1 aliphatic carbocycles. The lowest BCUT2D eigenvalue weighted by Crippen LogP contribution is -2.53. The van der Waals surface area contributed by atoms with Crippen molar-refractivity contribution >= 4 is 11.8 Å². The number of aromatic nitrogens is 1. The number of amides is 2. The number of piperidine rings is 1. The van der Waals surface area contributed by atoms with Crippen molar-refractivity contribution < 1.29 is 31.9 Å². The van der Waals surface area contributed by atoms with Gasteiger partial charge in [0.15, 0.2) is 0 Å². The summed E-state index contributed by atoms with van der Waals surface area (Å²) in [5.41, 5.74) is 4.93. The summed E-state index contributed by atoms with van der Waals surface area (Å²) in [7, 11) is 0. The summed E-state index contributed by atoms with van der Waals surface area (Å²) in [5, 5.41) is 0. The van der Waals surface area contributed by atoms with Crippen molar-refractivity contribution in [1.29, 1.82) is 0 Å². The second-order valence-electron chi connectivity index (χ2n) is 11.3. The second kappa shape index (κ2) is 11.3. The summed E-state index contributed by atoms with van der Waals surface area (Å²) >= 11 is 0. The molecule has 1 unspecified atom stereocenters. The SMILES string of the molecule is NC(=O)C1CCCN1C(=O)c1ccc(-c2ccc(OCC3CCN(CC4(C(F)(F)F)CCC4)CC3)nc2)cc1F. The summed E-state index contributed by atoms with van der Waals surface area (Å²) in [4.78, 5) is 32.0. The van der Waals surface area contributed by atoms with Gasteiger partial charge in [0.1, 0.15) is 11.9 Å². The van der Waals surface area contributed by atoms with Crippen LogP contribution in [0.1, 0.15) is 55.3 Å². The lowest BCUT2D eigenvalue weighted by Gasteiger charge is -2.47. The molecule has 0 bridgehead atoms. The number of hydrogen-bond donors (Lipinski definition) is 1. The summed E-state index contributed by atoms with van der Waals surface area (Å²) in [5.74, 6) is -1.19. The van der Waals surface area contributed by atoms with E-state index in [9.17, 15) is 27.2 Å². The molecule has 40 heavy (non-hydrogen) atoms. The number of pyridine rings is 1. The van der Waals surface area contributed by atoms with Gasteiger partial charge in [0, 0.05) is 30.9 Å². The minimum Gasteiger partial charge on any atom is -0.477 e. The van der Waals surface area contributed by atoms with Crippen molar-refractivity contribution in [1.82, 2.24) is 14.8 Å². The van der Waals surface area contributed by atoms with E-state index in [0.717, 1.165) is 12.8 Å². The van der Waals surface area contributed by atoms with E-state index in [1.807, 2.05) is 4.90 Å². The van der Waals surface area contributed by atoms with Crippen LogP contribution in [-0.2, 0) is 4.79 Å². The van der Waals surface area contributed by atoms with Crippen LogP contribution in [0.4, 0.5) is 17.6 Å². The molecule has 3 aliphatic rings. The number of carbonyl (C=O) groups is 2. The number of hydrogen-bond acceptors (Lipinski definition) is 5. The molecule has 2 saturated heterocycles. The monoisotopic (exact) mass is 562 g/mol. The van der Waals surface area contributed by atoms with Crippen molar-refractivity contribution in [3.8, 4) is 17.0 Å². The molecule has 0 spiro atoms. The Morgan fingerprint density at radius 2 is 1.75 bits per heavy atom. The van der Waals surface area contributed by atoms with Gasteiger partial charge in [-0.05, 0) is 81.3 Å². The molecule has 0 radical (unpaired) electrons. The van der Waals surface area contributed by atoms with Gasteiger partial charge in [-0.2, -0.15) is 13.2 Å². The van der Waals surface area contributed by atoms with E-state index in [0.29, 0.717) is 62.5 Å². The first-order valence-electron chi connectivity index (χ1n) is 13.8. The molecule has 1 aromatic carbocycles. The van der Waals surface area contributed by atoms with Gasteiger partial charge in [0.25, 0.3) is 5.91 Å². The molecular weight excluding hydrogens is 528 g/mol. The average Bonchev–Trinajstić information content (AvgIpc) is 3.40. The number of carbonyl (C=O) groups excluding carboxylic acids is 2. The van der Waals surface area contributed by atoms with Crippen LogP contribution in [0.3, 0.4) is 0 Å². The Balaban J connectivity index is 1.12. The third kappa shape index (κ3) is 5.80. The van der Waals surface area contributed by atoms with Crippen molar-refractivity contribution in [2.75, 3.05) is 32.8 Å². The largest absolute Gasteiger partial charge is 0.477 e. The number of rotatable bonds is 8. The molecule has 3 heterocycles. The van der Waals surface area contributed by atoms with E-state index in [4.69, 9.17) is 10.5 Å². The first kappa shape index (κ1) is 28.3. The van der Waals surface area contributed by atoms with Gasteiger partial charge in [-0.3, -0.25) is 9.59 Å². The molecule has 2 amide bonds.